The van der Waals surface area contributed by atoms with Crippen molar-refractivity contribution in [3.63, 3.8) is 0 Å². The summed E-state index contributed by atoms with van der Waals surface area (Å²) in [5.74, 6) is 0.225. The van der Waals surface area contributed by atoms with Crippen LogP contribution in [0.25, 0.3) is 0 Å². The summed E-state index contributed by atoms with van der Waals surface area (Å²) in [4.78, 5) is 13.4. The number of fused-ring (bicyclic) bond motifs is 1. The highest BCUT2D eigenvalue weighted by Gasteiger charge is 2.47. The summed E-state index contributed by atoms with van der Waals surface area (Å²) in [6, 6.07) is 23.5. The maximum atomic E-state index is 14.2. The highest BCUT2D eigenvalue weighted by Crippen LogP contribution is 2.49. The summed E-state index contributed by atoms with van der Waals surface area (Å²) >= 11 is 14.2. The molecule has 0 spiro atoms. The molecular weight excluding hydrogens is 632 g/mol. The highest BCUT2D eigenvalue weighted by molar-refractivity contribution is 14.1. The standard InChI is InChI=1S/C26H16Cl2IN3O3S/c27-19-8-4-17(5-9-19)24-25(18-6-10-20(28)11-7-18)32(23-13-12-22(29)26(33)31(23)24)36(34,35)21-3-1-2-16(14-21)15-30/h1-14,24-25H/t24-,25+/m0/s1. The normalized spacial score (nSPS) is 17.0. The second-order valence-corrected chi connectivity index (χ2v) is 12.0. The van der Waals surface area contributed by atoms with Crippen molar-refractivity contribution in [1.82, 2.24) is 4.57 Å². The average molecular weight is 648 g/mol. The number of benzene rings is 3. The van der Waals surface area contributed by atoms with Gasteiger partial charge in [-0.1, -0.05) is 53.5 Å². The zero-order chi connectivity index (χ0) is 25.6. The molecule has 0 radical (unpaired) electrons. The minimum Gasteiger partial charge on any atom is -0.283 e. The van der Waals surface area contributed by atoms with E-state index in [1.165, 1.54) is 33.1 Å². The molecule has 2 heterocycles. The Hall–Kier alpha value is -2.84. The molecule has 6 nitrogen and oxygen atoms in total. The number of sulfonamides is 1. The van der Waals surface area contributed by atoms with Gasteiger partial charge < -0.3 is 0 Å². The summed E-state index contributed by atoms with van der Waals surface area (Å²) in [7, 11) is -4.21. The first-order valence-corrected chi connectivity index (χ1v) is 14.0. The Morgan fingerprint density at radius 3 is 2.00 bits per heavy atom. The summed E-state index contributed by atoms with van der Waals surface area (Å²) < 4.78 is 31.6. The molecule has 1 aliphatic heterocycles. The number of anilines is 1. The van der Waals surface area contributed by atoms with E-state index in [4.69, 9.17) is 23.2 Å². The van der Waals surface area contributed by atoms with E-state index in [0.717, 1.165) is 0 Å². The van der Waals surface area contributed by atoms with Gasteiger partial charge in [-0.15, -0.1) is 0 Å². The summed E-state index contributed by atoms with van der Waals surface area (Å²) in [6.45, 7) is 0. The summed E-state index contributed by atoms with van der Waals surface area (Å²) in [5.41, 5.74) is 1.27. The Balaban J connectivity index is 1.84. The van der Waals surface area contributed by atoms with Crippen LogP contribution < -0.4 is 9.86 Å². The van der Waals surface area contributed by atoms with Crippen molar-refractivity contribution >= 4 is 61.6 Å². The first kappa shape index (κ1) is 24.8. The fraction of sp³-hybridized carbons (Fsp3) is 0.0769. The maximum Gasteiger partial charge on any atom is 0.266 e. The molecule has 0 saturated carbocycles. The Labute approximate surface area is 231 Å². The Kier molecular flexibility index (Phi) is 6.59. The first-order chi connectivity index (χ1) is 17.2. The van der Waals surface area contributed by atoms with E-state index in [2.05, 4.69) is 0 Å². The third kappa shape index (κ3) is 4.20. The van der Waals surface area contributed by atoms with Crippen LogP contribution >= 0.6 is 45.8 Å². The van der Waals surface area contributed by atoms with Gasteiger partial charge in [0.2, 0.25) is 0 Å². The maximum absolute atomic E-state index is 14.2. The second kappa shape index (κ2) is 9.56. The molecule has 0 saturated heterocycles. The van der Waals surface area contributed by atoms with Crippen LogP contribution in [0.15, 0.2) is 94.6 Å². The fourth-order valence-electron chi connectivity index (χ4n) is 4.46. The SMILES string of the molecule is N#Cc1cccc(S(=O)(=O)N2c3ccc(I)c(=O)n3[C@@H](c3ccc(Cl)cc3)[C@H]2c2ccc(Cl)cc2)c1. The van der Waals surface area contributed by atoms with Crippen molar-refractivity contribution in [2.24, 2.45) is 0 Å². The van der Waals surface area contributed by atoms with Gasteiger partial charge in [-0.25, -0.2) is 12.7 Å². The smallest absolute Gasteiger partial charge is 0.266 e. The zero-order valence-electron chi connectivity index (χ0n) is 18.3. The molecule has 10 heteroatoms. The molecule has 0 N–H and O–H groups in total. The lowest BCUT2D eigenvalue weighted by molar-refractivity contribution is 0.529. The number of nitriles is 1. The van der Waals surface area contributed by atoms with Crippen molar-refractivity contribution in [2.75, 3.05) is 4.31 Å². The summed E-state index contributed by atoms with van der Waals surface area (Å²) in [5, 5.41) is 10.4. The van der Waals surface area contributed by atoms with Crippen molar-refractivity contribution in [3.05, 3.63) is 126 Å². The van der Waals surface area contributed by atoms with E-state index in [9.17, 15) is 18.5 Å². The second-order valence-electron chi connectivity index (χ2n) is 8.15. The number of halogens is 3. The average Bonchev–Trinajstić information content (AvgIpc) is 3.24. The lowest BCUT2D eigenvalue weighted by Crippen LogP contribution is -2.33. The van der Waals surface area contributed by atoms with Crippen LogP contribution in [0.5, 0.6) is 0 Å². The van der Waals surface area contributed by atoms with E-state index in [-0.39, 0.29) is 21.8 Å². The van der Waals surface area contributed by atoms with Crippen LogP contribution in [-0.4, -0.2) is 13.0 Å². The molecule has 3 aromatic carbocycles. The van der Waals surface area contributed by atoms with E-state index in [1.807, 2.05) is 28.7 Å². The topological polar surface area (TPSA) is 83.2 Å². The Morgan fingerprint density at radius 1 is 0.833 bits per heavy atom. The monoisotopic (exact) mass is 647 g/mol. The number of aromatic nitrogens is 1. The van der Waals surface area contributed by atoms with Gasteiger partial charge in [-0.3, -0.25) is 9.36 Å². The Morgan fingerprint density at radius 2 is 1.42 bits per heavy atom. The van der Waals surface area contributed by atoms with Gasteiger partial charge in [0.1, 0.15) is 5.82 Å². The predicted molar refractivity (Wildman–Crippen MR) is 148 cm³/mol. The van der Waals surface area contributed by atoms with Crippen molar-refractivity contribution < 1.29 is 8.42 Å². The van der Waals surface area contributed by atoms with Crippen molar-refractivity contribution in [2.45, 2.75) is 17.0 Å². The Bertz CT molecular complexity index is 1680. The van der Waals surface area contributed by atoms with Gasteiger partial charge in [-0.05, 0) is 88.3 Å². The molecule has 1 aromatic heterocycles. The fourth-order valence-corrected chi connectivity index (χ4v) is 6.84. The molecule has 4 aromatic rings. The quantitative estimate of drug-likeness (QED) is 0.248. The van der Waals surface area contributed by atoms with Gasteiger partial charge >= 0.3 is 0 Å². The molecule has 0 amide bonds. The van der Waals surface area contributed by atoms with E-state index in [0.29, 0.717) is 24.7 Å². The van der Waals surface area contributed by atoms with E-state index < -0.39 is 22.1 Å². The zero-order valence-corrected chi connectivity index (χ0v) is 22.8. The molecule has 36 heavy (non-hydrogen) atoms. The van der Waals surface area contributed by atoms with Crippen LogP contribution in [0.1, 0.15) is 28.8 Å². The first-order valence-electron chi connectivity index (χ1n) is 10.7. The molecular formula is C26H16Cl2IN3O3S. The van der Waals surface area contributed by atoms with Gasteiger partial charge in [0.25, 0.3) is 15.6 Å². The van der Waals surface area contributed by atoms with Gasteiger partial charge in [0, 0.05) is 10.0 Å². The number of rotatable bonds is 4. The largest absolute Gasteiger partial charge is 0.283 e. The van der Waals surface area contributed by atoms with Gasteiger partial charge in [-0.2, -0.15) is 5.26 Å². The van der Waals surface area contributed by atoms with Gasteiger partial charge in [0.15, 0.2) is 0 Å². The van der Waals surface area contributed by atoms with E-state index >= 15 is 0 Å². The predicted octanol–water partition coefficient (Wildman–Crippen LogP) is 6.17. The minimum atomic E-state index is -4.21. The number of hydrogen-bond acceptors (Lipinski definition) is 4. The third-order valence-electron chi connectivity index (χ3n) is 6.05. The molecule has 0 fully saturated rings. The molecule has 0 unspecified atom stereocenters. The lowest BCUT2D eigenvalue weighted by atomic mass is 9.94. The summed E-state index contributed by atoms with van der Waals surface area (Å²) in [6.07, 6.45) is 0. The highest BCUT2D eigenvalue weighted by atomic mass is 127. The molecule has 180 valence electrons. The molecule has 0 aliphatic carbocycles. The van der Waals surface area contributed by atoms with Crippen LogP contribution in [0.3, 0.4) is 0 Å². The molecule has 2 atom stereocenters. The lowest BCUT2D eigenvalue weighted by Gasteiger charge is -2.29. The van der Waals surface area contributed by atoms with Crippen LogP contribution in [0.4, 0.5) is 5.82 Å². The molecule has 5 rings (SSSR count). The van der Waals surface area contributed by atoms with E-state index in [1.54, 1.807) is 60.7 Å². The van der Waals surface area contributed by atoms with Crippen LogP contribution in [-0.2, 0) is 10.0 Å². The third-order valence-corrected chi connectivity index (χ3v) is 9.15. The van der Waals surface area contributed by atoms with Crippen LogP contribution in [0.2, 0.25) is 10.0 Å². The van der Waals surface area contributed by atoms with Crippen LogP contribution in [0, 0.1) is 14.9 Å². The number of nitrogens with zero attached hydrogens (tertiary/aromatic N) is 3. The van der Waals surface area contributed by atoms with Gasteiger partial charge in [0.05, 0.1) is 32.2 Å². The van der Waals surface area contributed by atoms with Crippen molar-refractivity contribution in [1.29, 1.82) is 5.26 Å². The number of hydrogen-bond donors (Lipinski definition) is 0. The molecule has 0 bridgehead atoms. The minimum absolute atomic E-state index is 0.0465. The molecule has 1 aliphatic rings. The number of pyridine rings is 1. The van der Waals surface area contributed by atoms with Crippen molar-refractivity contribution in [3.8, 4) is 6.07 Å².